The monoisotopic (exact) mass is 1460 g/mol. The summed E-state index contributed by atoms with van der Waals surface area (Å²) >= 11 is 0.886. The third-order valence-corrected chi connectivity index (χ3v) is 19.9. The highest BCUT2D eigenvalue weighted by Crippen LogP contribution is 2.46. The van der Waals surface area contributed by atoms with E-state index in [1.165, 1.54) is 9.80 Å². The molecule has 27 heteroatoms. The molecule has 5 aromatic rings. The molecule has 0 bridgehead atoms. The average molecular weight is 1470 g/mol. The highest BCUT2D eigenvalue weighted by molar-refractivity contribution is 8.00. The molecule has 0 fully saturated rings. The van der Waals surface area contributed by atoms with Crippen molar-refractivity contribution in [2.45, 2.75) is 200 Å². The summed E-state index contributed by atoms with van der Waals surface area (Å²) in [5, 5.41) is 31.3. The number of thioether (sulfide) groups is 1. The van der Waals surface area contributed by atoms with Gasteiger partial charge in [0, 0.05) is 86.3 Å². The highest BCUT2D eigenvalue weighted by Gasteiger charge is 2.57. The maximum Gasteiger partial charge on any atom is 0.407 e. The van der Waals surface area contributed by atoms with Crippen LogP contribution in [0.1, 0.15) is 150 Å². The summed E-state index contributed by atoms with van der Waals surface area (Å²) in [6.07, 6.45) is -3.43. The van der Waals surface area contributed by atoms with Crippen molar-refractivity contribution in [2.24, 2.45) is 11.1 Å². The number of ether oxygens (including phenoxy) is 3. The van der Waals surface area contributed by atoms with Gasteiger partial charge in [-0.25, -0.2) is 28.0 Å². The van der Waals surface area contributed by atoms with Crippen molar-refractivity contribution in [3.8, 4) is 22.3 Å². The van der Waals surface area contributed by atoms with E-state index in [1.807, 2.05) is 99.6 Å². The van der Waals surface area contributed by atoms with Crippen molar-refractivity contribution in [1.82, 2.24) is 35.6 Å². The second kappa shape index (κ2) is 35.0. The number of carboxylic acid groups (broad SMARTS) is 2. The number of Topliss-reactive ketones (excluding diaryl/α,β-unsaturated/α-hetero) is 1. The number of nitrogens with two attached hydrogens (primary N) is 1. The van der Waals surface area contributed by atoms with Crippen LogP contribution in [0.15, 0.2) is 109 Å². The molecule has 1 heterocycles. The van der Waals surface area contributed by atoms with Crippen LogP contribution in [0.3, 0.4) is 0 Å². The van der Waals surface area contributed by atoms with Crippen LogP contribution >= 0.6 is 11.8 Å². The molecule has 4 aromatic carbocycles. The van der Waals surface area contributed by atoms with E-state index in [2.05, 4.69) is 40.9 Å². The number of carbonyl (C=O) groups excluding carboxylic acids is 8. The van der Waals surface area contributed by atoms with Crippen LogP contribution in [-0.4, -0.2) is 170 Å². The Kier molecular flexibility index (Phi) is 28.2. The van der Waals surface area contributed by atoms with E-state index in [0.29, 0.717) is 11.7 Å². The third kappa shape index (κ3) is 23.3. The largest absolute Gasteiger partial charge is 0.481 e. The molecule has 103 heavy (non-hydrogen) atoms. The summed E-state index contributed by atoms with van der Waals surface area (Å²) in [6.45, 7) is 25.9. The third-order valence-electron chi connectivity index (χ3n) is 17.2. The summed E-state index contributed by atoms with van der Waals surface area (Å²) in [5.74, 6) is -10.9. The minimum atomic E-state index is -2.40. The Morgan fingerprint density at radius 2 is 1.27 bits per heavy atom. The van der Waals surface area contributed by atoms with E-state index in [-0.39, 0.29) is 55.5 Å². The Hall–Kier alpha value is -8.95. The average Bonchev–Trinajstić information content (AvgIpc) is 1.58. The molecule has 0 aliphatic heterocycles. The number of primary amides is 1. The second-order valence-electron chi connectivity index (χ2n) is 31.2. The topological polar surface area (TPSA) is 324 Å². The molecule has 8 N–H and O–H groups in total. The molecule has 0 saturated heterocycles. The standard InChI is InChI=1S/C76H102F2N8O15SSi/c1-72(2,3)65(60-39-48(54-40-49(77)29-30-56(54)78)43-84(60)42-47-23-17-16-18-24-47)85(36-33-57(82-70(97)99-37-38-103(13,14)15)66(92)80-35-32-61(87)76(69(95)96,34-31-64(90)91)86(73(4,5)6)74(7,8)9)63(89)46-102-45-59(68(94)101-75(10,11)12)81-67(93)58(41-62(79)88)83-71(98)100-44-55-52-27-21-19-25-50(52)51-26-20-22-28-53(51)55/h16-30,39-40,43,55,57-59,65H,31-38,41-42,44-46H2,1-15H3,(H2,79,88)(H,80,92)(H,81,93)(H,82,97)(H,83,98)(H,90,91)(H,95,96)/t57-,58-,59-,65-,76-/m0/s1. The number of nitrogens with zero attached hydrogens (tertiary/aromatic N) is 3. The van der Waals surface area contributed by atoms with Crippen molar-refractivity contribution in [2.75, 3.05) is 37.8 Å². The summed E-state index contributed by atoms with van der Waals surface area (Å²) in [5.41, 5.74) is 4.23. The van der Waals surface area contributed by atoms with Crippen molar-refractivity contribution in [3.63, 3.8) is 0 Å². The molecule has 1 aliphatic rings. The number of carbonyl (C=O) groups is 10. The van der Waals surface area contributed by atoms with E-state index < -0.39 is 169 Å². The van der Waals surface area contributed by atoms with Crippen molar-refractivity contribution >= 4 is 79.3 Å². The van der Waals surface area contributed by atoms with E-state index in [4.69, 9.17) is 19.9 Å². The number of benzene rings is 4. The minimum Gasteiger partial charge on any atom is -0.481 e. The Labute approximate surface area is 607 Å². The summed E-state index contributed by atoms with van der Waals surface area (Å²) in [7, 11) is -1.79. The molecule has 6 rings (SSSR count). The summed E-state index contributed by atoms with van der Waals surface area (Å²) in [6, 6.07) is 23.9. The lowest BCUT2D eigenvalue weighted by Gasteiger charge is -2.54. The molecule has 1 aromatic heterocycles. The molecule has 0 unspecified atom stereocenters. The fraction of sp³-hybridized carbons (Fsp3) is 0.500. The Bertz CT molecular complexity index is 3820. The fourth-order valence-electron chi connectivity index (χ4n) is 13.3. The smallest absolute Gasteiger partial charge is 0.407 e. The quantitative estimate of drug-likeness (QED) is 0.00871. The molecular formula is C76H102F2N8O15SSi. The molecule has 1 aliphatic carbocycles. The first-order valence-corrected chi connectivity index (χ1v) is 39.3. The van der Waals surface area contributed by atoms with Crippen LogP contribution in [0, 0.1) is 17.0 Å². The molecule has 0 saturated carbocycles. The number of rotatable bonds is 34. The second-order valence-corrected chi connectivity index (χ2v) is 37.8. The lowest BCUT2D eigenvalue weighted by atomic mass is 9.78. The van der Waals surface area contributed by atoms with Crippen LogP contribution in [-0.2, 0) is 59.1 Å². The summed E-state index contributed by atoms with van der Waals surface area (Å²) < 4.78 is 50.0. The first-order valence-electron chi connectivity index (χ1n) is 34.4. The lowest BCUT2D eigenvalue weighted by molar-refractivity contribution is -0.172. The molecule has 23 nitrogen and oxygen atoms in total. The maximum atomic E-state index is 15.9. The zero-order chi connectivity index (χ0) is 76.7. The van der Waals surface area contributed by atoms with Gasteiger partial charge in [0.25, 0.3) is 0 Å². The molecular weight excluding hydrogens is 1360 g/mol. The first kappa shape index (κ1) is 83.0. The van der Waals surface area contributed by atoms with Gasteiger partial charge in [-0.15, -0.1) is 11.8 Å². The minimum absolute atomic E-state index is 0.0116. The van der Waals surface area contributed by atoms with Crippen LogP contribution in [0.5, 0.6) is 0 Å². The van der Waals surface area contributed by atoms with Crippen LogP contribution < -0.4 is 27.0 Å². The Balaban J connectivity index is 1.38. The predicted octanol–water partition coefficient (Wildman–Crippen LogP) is 11.2. The van der Waals surface area contributed by atoms with E-state index in [9.17, 15) is 53.4 Å². The maximum absolute atomic E-state index is 15.9. The van der Waals surface area contributed by atoms with Gasteiger partial charge >= 0.3 is 30.1 Å². The van der Waals surface area contributed by atoms with Crippen molar-refractivity contribution in [3.05, 3.63) is 143 Å². The number of aliphatic carboxylic acids is 2. The number of amides is 6. The number of esters is 1. The van der Waals surface area contributed by atoms with Crippen LogP contribution in [0.2, 0.25) is 25.7 Å². The Morgan fingerprint density at radius 3 is 1.83 bits per heavy atom. The molecule has 6 amide bonds. The molecule has 0 radical (unpaired) electrons. The predicted molar refractivity (Wildman–Crippen MR) is 392 cm³/mol. The zero-order valence-corrected chi connectivity index (χ0v) is 63.6. The Morgan fingerprint density at radius 1 is 0.689 bits per heavy atom. The molecule has 560 valence electrons. The van der Waals surface area contributed by atoms with Gasteiger partial charge in [-0.3, -0.25) is 33.7 Å². The number of fused-ring (bicyclic) bond motifs is 3. The number of hydrogen-bond donors (Lipinski definition) is 7. The van der Waals surface area contributed by atoms with Crippen molar-refractivity contribution in [1.29, 1.82) is 0 Å². The number of aromatic nitrogens is 1. The van der Waals surface area contributed by atoms with Gasteiger partial charge in [0.1, 0.15) is 42.0 Å². The van der Waals surface area contributed by atoms with Crippen LogP contribution in [0.4, 0.5) is 18.4 Å². The van der Waals surface area contributed by atoms with Gasteiger partial charge in [0.2, 0.25) is 23.6 Å². The van der Waals surface area contributed by atoms with Gasteiger partial charge in [0.05, 0.1) is 24.8 Å². The number of carboxylic acids is 2. The number of ketones is 1. The van der Waals surface area contributed by atoms with Gasteiger partial charge < -0.3 is 60.9 Å². The van der Waals surface area contributed by atoms with Gasteiger partial charge in [-0.05, 0) is 139 Å². The SMILES string of the molecule is CC(C)(C)OC(=O)[C@H](CSCC(=O)N(CC[C@H](NC(=O)OCC[Si](C)(C)C)C(=O)NCCC(=O)[C@@](CCC(=O)O)(C(=O)O)N(C(C)(C)C)C(C)(C)C)[C@@H](c1cc(-c2cc(F)ccc2F)cn1Cc1ccccc1)C(C)(C)C)NC(=O)[C@H](CC(N)=O)NC(=O)OCC1c2ccccc2-c2ccccc21. The lowest BCUT2D eigenvalue weighted by Crippen LogP contribution is -2.71. The van der Waals surface area contributed by atoms with E-state index in [1.54, 1.807) is 79.1 Å². The normalized spacial score (nSPS) is 14.3. The summed E-state index contributed by atoms with van der Waals surface area (Å²) in [4.78, 5) is 143. The van der Waals surface area contributed by atoms with E-state index in [0.717, 1.165) is 57.8 Å². The fourth-order valence-corrected chi connectivity index (χ4v) is 14.9. The van der Waals surface area contributed by atoms with E-state index >= 15 is 13.6 Å². The van der Waals surface area contributed by atoms with Crippen molar-refractivity contribution < 1.29 is 81.1 Å². The molecule has 5 atom stereocenters. The number of alkyl carbamates (subject to hydrolysis) is 2. The molecule has 0 spiro atoms. The number of nitrogens with one attached hydrogen (secondary N) is 4. The highest BCUT2D eigenvalue weighted by atomic mass is 32.2. The zero-order valence-electron chi connectivity index (χ0n) is 61.8. The van der Waals surface area contributed by atoms with Gasteiger partial charge in [0.15, 0.2) is 11.3 Å². The number of halogens is 2. The first-order chi connectivity index (χ1) is 47.9. The van der Waals surface area contributed by atoms with Crippen LogP contribution in [0.25, 0.3) is 22.3 Å². The van der Waals surface area contributed by atoms with Gasteiger partial charge in [-0.2, -0.15) is 0 Å². The number of hydrogen-bond acceptors (Lipinski definition) is 15. The van der Waals surface area contributed by atoms with Gasteiger partial charge in [-0.1, -0.05) is 119 Å².